The van der Waals surface area contributed by atoms with Crippen LogP contribution in [0.15, 0.2) is 42.7 Å². The van der Waals surface area contributed by atoms with Gasteiger partial charge in [0.05, 0.1) is 0 Å². The van der Waals surface area contributed by atoms with Crippen LogP contribution in [0, 0.1) is 0 Å². The second-order valence-corrected chi connectivity index (χ2v) is 6.40. The summed E-state index contributed by atoms with van der Waals surface area (Å²) in [6.07, 6.45) is 1.43. The standard InChI is InChI=1S/C19H23N5O2/c1-15(25)23-8-10-24(11-9-23)18-12-17(20-14-21-18)19(26)22(2)13-16-6-4-3-5-7-16/h3-7,12,14H,8-11,13H2,1-2H3. The number of nitrogens with zero attached hydrogens (tertiary/aromatic N) is 5. The SMILES string of the molecule is CC(=O)N1CCN(c2cc(C(=O)N(C)Cc3ccccc3)ncn2)CC1. The van der Waals surface area contributed by atoms with Crippen LogP contribution in [-0.4, -0.2) is 64.8 Å². The summed E-state index contributed by atoms with van der Waals surface area (Å²) in [7, 11) is 1.77. The van der Waals surface area contributed by atoms with Crippen molar-refractivity contribution in [2.75, 3.05) is 38.1 Å². The Morgan fingerprint density at radius 3 is 2.42 bits per heavy atom. The van der Waals surface area contributed by atoms with Crippen LogP contribution in [0.5, 0.6) is 0 Å². The lowest BCUT2D eigenvalue weighted by Crippen LogP contribution is -2.48. The Morgan fingerprint density at radius 2 is 1.77 bits per heavy atom. The summed E-state index contributed by atoms with van der Waals surface area (Å²) < 4.78 is 0. The van der Waals surface area contributed by atoms with Crippen LogP contribution >= 0.6 is 0 Å². The number of hydrogen-bond donors (Lipinski definition) is 0. The van der Waals surface area contributed by atoms with Gasteiger partial charge in [-0.1, -0.05) is 30.3 Å². The Bertz CT molecular complexity index is 773. The van der Waals surface area contributed by atoms with E-state index < -0.39 is 0 Å². The third-order valence-electron chi connectivity index (χ3n) is 4.53. The molecule has 3 rings (SSSR count). The van der Waals surface area contributed by atoms with Crippen molar-refractivity contribution in [3.8, 4) is 0 Å². The molecule has 2 aromatic rings. The van der Waals surface area contributed by atoms with Gasteiger partial charge in [-0.15, -0.1) is 0 Å². The summed E-state index contributed by atoms with van der Waals surface area (Å²) in [4.78, 5) is 38.1. The topological polar surface area (TPSA) is 69.6 Å². The first-order chi connectivity index (χ1) is 12.5. The molecule has 2 heterocycles. The van der Waals surface area contributed by atoms with E-state index >= 15 is 0 Å². The van der Waals surface area contributed by atoms with Crippen LogP contribution in [-0.2, 0) is 11.3 Å². The lowest BCUT2D eigenvalue weighted by Gasteiger charge is -2.34. The highest BCUT2D eigenvalue weighted by Crippen LogP contribution is 2.15. The second-order valence-electron chi connectivity index (χ2n) is 6.40. The molecule has 7 heteroatoms. The molecule has 0 atom stereocenters. The van der Waals surface area contributed by atoms with Crippen molar-refractivity contribution < 1.29 is 9.59 Å². The van der Waals surface area contributed by atoms with Crippen LogP contribution < -0.4 is 4.90 Å². The fourth-order valence-corrected chi connectivity index (χ4v) is 3.01. The highest BCUT2D eigenvalue weighted by molar-refractivity contribution is 5.92. The zero-order valence-electron chi connectivity index (χ0n) is 15.1. The van der Waals surface area contributed by atoms with Gasteiger partial charge in [-0.25, -0.2) is 9.97 Å². The molecule has 1 aliphatic rings. The molecule has 2 amide bonds. The number of amides is 2. The van der Waals surface area contributed by atoms with Crippen molar-refractivity contribution in [1.29, 1.82) is 0 Å². The molecular formula is C19H23N5O2. The average molecular weight is 353 g/mol. The third kappa shape index (κ3) is 4.17. The van der Waals surface area contributed by atoms with Crippen molar-refractivity contribution in [1.82, 2.24) is 19.8 Å². The van der Waals surface area contributed by atoms with Crippen LogP contribution in [0.2, 0.25) is 0 Å². The number of aromatic nitrogens is 2. The van der Waals surface area contributed by atoms with E-state index in [1.165, 1.54) is 6.33 Å². The van der Waals surface area contributed by atoms with Crippen LogP contribution in [0.25, 0.3) is 0 Å². The Morgan fingerprint density at radius 1 is 1.08 bits per heavy atom. The fourth-order valence-electron chi connectivity index (χ4n) is 3.01. The van der Waals surface area contributed by atoms with Gasteiger partial charge in [0, 0.05) is 52.8 Å². The Kier molecular flexibility index (Phi) is 5.46. The van der Waals surface area contributed by atoms with Gasteiger partial charge in [-0.05, 0) is 5.56 Å². The zero-order chi connectivity index (χ0) is 18.5. The molecule has 0 N–H and O–H groups in total. The first-order valence-electron chi connectivity index (χ1n) is 8.66. The molecule has 26 heavy (non-hydrogen) atoms. The van der Waals surface area contributed by atoms with E-state index in [-0.39, 0.29) is 11.8 Å². The molecule has 1 aliphatic heterocycles. The van der Waals surface area contributed by atoms with Crippen LogP contribution in [0.1, 0.15) is 23.0 Å². The quantitative estimate of drug-likeness (QED) is 0.831. The first-order valence-corrected chi connectivity index (χ1v) is 8.66. The van der Waals surface area contributed by atoms with E-state index in [1.54, 1.807) is 24.9 Å². The van der Waals surface area contributed by atoms with Gasteiger partial charge in [0.25, 0.3) is 5.91 Å². The normalized spacial score (nSPS) is 14.2. The third-order valence-corrected chi connectivity index (χ3v) is 4.53. The number of rotatable bonds is 4. The number of carbonyl (C=O) groups excluding carboxylic acids is 2. The molecule has 0 spiro atoms. The number of anilines is 1. The minimum absolute atomic E-state index is 0.0886. The molecule has 1 aromatic carbocycles. The second kappa shape index (κ2) is 7.95. The lowest BCUT2D eigenvalue weighted by molar-refractivity contribution is -0.129. The molecule has 1 aromatic heterocycles. The smallest absolute Gasteiger partial charge is 0.272 e. The summed E-state index contributed by atoms with van der Waals surface area (Å²) in [5.41, 5.74) is 1.44. The highest BCUT2D eigenvalue weighted by atomic mass is 16.2. The van der Waals surface area contributed by atoms with Gasteiger partial charge in [0.2, 0.25) is 5.91 Å². The summed E-state index contributed by atoms with van der Waals surface area (Å²) in [6.45, 7) is 4.83. The number of piperazine rings is 1. The van der Waals surface area contributed by atoms with E-state index in [0.29, 0.717) is 38.4 Å². The molecule has 136 valence electrons. The Balaban J connectivity index is 1.67. The predicted octanol–water partition coefficient (Wildman–Crippen LogP) is 1.42. The van der Waals surface area contributed by atoms with Crippen LogP contribution in [0.4, 0.5) is 5.82 Å². The molecule has 0 saturated carbocycles. The lowest BCUT2D eigenvalue weighted by atomic mass is 10.2. The maximum atomic E-state index is 12.7. The van der Waals surface area contributed by atoms with Gasteiger partial charge < -0.3 is 14.7 Å². The van der Waals surface area contributed by atoms with E-state index in [9.17, 15) is 9.59 Å². The van der Waals surface area contributed by atoms with Gasteiger partial charge in [0.15, 0.2) is 0 Å². The van der Waals surface area contributed by atoms with Crippen molar-refractivity contribution in [2.24, 2.45) is 0 Å². The summed E-state index contributed by atoms with van der Waals surface area (Å²) in [5.74, 6) is 0.672. The van der Waals surface area contributed by atoms with Crippen molar-refractivity contribution in [3.63, 3.8) is 0 Å². The largest absolute Gasteiger partial charge is 0.353 e. The molecule has 1 fully saturated rings. The first kappa shape index (κ1) is 17.8. The van der Waals surface area contributed by atoms with E-state index in [0.717, 1.165) is 11.4 Å². The van der Waals surface area contributed by atoms with Crippen molar-refractivity contribution >= 4 is 17.6 Å². The number of benzene rings is 1. The van der Waals surface area contributed by atoms with Crippen molar-refractivity contribution in [3.05, 3.63) is 54.0 Å². The molecule has 0 bridgehead atoms. The molecule has 0 unspecified atom stereocenters. The Labute approximate surface area is 153 Å². The maximum absolute atomic E-state index is 12.7. The monoisotopic (exact) mass is 353 g/mol. The average Bonchev–Trinajstić information content (AvgIpc) is 2.68. The minimum Gasteiger partial charge on any atom is -0.353 e. The molecule has 1 saturated heterocycles. The predicted molar refractivity (Wildman–Crippen MR) is 98.7 cm³/mol. The summed E-state index contributed by atoms with van der Waals surface area (Å²) >= 11 is 0. The molecule has 0 radical (unpaired) electrons. The maximum Gasteiger partial charge on any atom is 0.272 e. The van der Waals surface area contributed by atoms with Gasteiger partial charge in [-0.3, -0.25) is 9.59 Å². The summed E-state index contributed by atoms with van der Waals surface area (Å²) in [5, 5.41) is 0. The molecule has 0 aliphatic carbocycles. The number of hydrogen-bond acceptors (Lipinski definition) is 5. The highest BCUT2D eigenvalue weighted by Gasteiger charge is 2.21. The minimum atomic E-state index is -0.139. The van der Waals surface area contributed by atoms with E-state index in [2.05, 4.69) is 14.9 Å². The molecule has 7 nitrogen and oxygen atoms in total. The van der Waals surface area contributed by atoms with E-state index in [1.807, 2.05) is 35.2 Å². The zero-order valence-corrected chi connectivity index (χ0v) is 15.1. The number of carbonyl (C=O) groups is 2. The molecular weight excluding hydrogens is 330 g/mol. The van der Waals surface area contributed by atoms with Gasteiger partial charge in [0.1, 0.15) is 17.8 Å². The van der Waals surface area contributed by atoms with Gasteiger partial charge >= 0.3 is 0 Å². The fraction of sp³-hybridized carbons (Fsp3) is 0.368. The summed E-state index contributed by atoms with van der Waals surface area (Å²) in [6, 6.07) is 11.6. The van der Waals surface area contributed by atoms with E-state index in [4.69, 9.17) is 0 Å². The van der Waals surface area contributed by atoms with Gasteiger partial charge in [-0.2, -0.15) is 0 Å². The Hall–Kier alpha value is -2.96. The van der Waals surface area contributed by atoms with Crippen LogP contribution in [0.3, 0.4) is 0 Å². The van der Waals surface area contributed by atoms with Crippen molar-refractivity contribution in [2.45, 2.75) is 13.5 Å².